The number of pyridine rings is 1. The van der Waals surface area contributed by atoms with E-state index >= 15 is 0 Å². The van der Waals surface area contributed by atoms with Crippen molar-refractivity contribution < 1.29 is 19.4 Å². The van der Waals surface area contributed by atoms with Crippen molar-refractivity contribution in [3.05, 3.63) is 68.4 Å². The van der Waals surface area contributed by atoms with Gasteiger partial charge in [0, 0.05) is 9.86 Å². The maximum Gasteiger partial charge on any atom is 0.347 e. The lowest BCUT2D eigenvalue weighted by Gasteiger charge is -2.29. The van der Waals surface area contributed by atoms with Crippen molar-refractivity contribution in [3.8, 4) is 11.5 Å². The summed E-state index contributed by atoms with van der Waals surface area (Å²) in [5.74, 6) is -0.729. The molecule has 1 aliphatic heterocycles. The third-order valence-electron chi connectivity index (χ3n) is 4.61. The predicted molar refractivity (Wildman–Crippen MR) is 104 cm³/mol. The van der Waals surface area contributed by atoms with E-state index in [-0.39, 0.29) is 24.5 Å². The minimum absolute atomic E-state index is 0.106. The summed E-state index contributed by atoms with van der Waals surface area (Å²) in [5.41, 5.74) is 0.372. The second-order valence-electron chi connectivity index (χ2n) is 6.15. The molecule has 0 bridgehead atoms. The summed E-state index contributed by atoms with van der Waals surface area (Å²) in [4.78, 5) is 25.6. The molecule has 1 unspecified atom stereocenters. The van der Waals surface area contributed by atoms with Crippen molar-refractivity contribution in [1.82, 2.24) is 4.57 Å². The Morgan fingerprint density at radius 3 is 2.74 bits per heavy atom. The highest BCUT2D eigenvalue weighted by atomic mass is 79.9. The number of halogens is 1. The van der Waals surface area contributed by atoms with Gasteiger partial charge in [0.1, 0.15) is 18.1 Å². The van der Waals surface area contributed by atoms with E-state index in [0.717, 1.165) is 10.0 Å². The molecule has 138 valence electrons. The number of carbonyl (C=O) groups is 1. The lowest BCUT2D eigenvalue weighted by atomic mass is 10.0. The van der Waals surface area contributed by atoms with Crippen molar-refractivity contribution >= 4 is 32.8 Å². The first kappa shape index (κ1) is 17.6. The molecule has 27 heavy (non-hydrogen) atoms. The van der Waals surface area contributed by atoms with Crippen LogP contribution < -0.4 is 10.3 Å². The van der Waals surface area contributed by atoms with E-state index in [1.54, 1.807) is 25.1 Å². The molecule has 4 rings (SSSR count). The zero-order valence-corrected chi connectivity index (χ0v) is 16.0. The Bertz CT molecular complexity index is 1100. The number of para-hydroxylation sites is 1. The van der Waals surface area contributed by atoms with Crippen molar-refractivity contribution in [2.45, 2.75) is 13.0 Å². The Morgan fingerprint density at radius 2 is 2.04 bits per heavy atom. The predicted octanol–water partition coefficient (Wildman–Crippen LogP) is 3.63. The molecule has 0 fully saturated rings. The molecule has 1 atom stereocenters. The summed E-state index contributed by atoms with van der Waals surface area (Å²) in [6.45, 7) is 1.99. The maximum absolute atomic E-state index is 13.2. The van der Waals surface area contributed by atoms with E-state index in [0.29, 0.717) is 16.7 Å². The van der Waals surface area contributed by atoms with Crippen LogP contribution in [-0.4, -0.2) is 28.9 Å². The van der Waals surface area contributed by atoms with Crippen LogP contribution >= 0.6 is 15.9 Å². The number of esters is 1. The first-order valence-electron chi connectivity index (χ1n) is 8.48. The molecule has 0 radical (unpaired) electrons. The Hall–Kier alpha value is -2.80. The quantitative estimate of drug-likeness (QED) is 0.643. The van der Waals surface area contributed by atoms with Gasteiger partial charge in [-0.1, -0.05) is 34.1 Å². The number of ether oxygens (including phenoxy) is 2. The van der Waals surface area contributed by atoms with Crippen molar-refractivity contribution in [1.29, 1.82) is 0 Å². The van der Waals surface area contributed by atoms with Crippen LogP contribution in [0, 0.1) is 0 Å². The minimum Gasteiger partial charge on any atom is -0.506 e. The van der Waals surface area contributed by atoms with E-state index in [2.05, 4.69) is 15.9 Å². The molecule has 3 aromatic rings. The van der Waals surface area contributed by atoms with Crippen LogP contribution in [0.2, 0.25) is 0 Å². The van der Waals surface area contributed by atoms with Gasteiger partial charge in [-0.25, -0.2) is 4.79 Å². The van der Waals surface area contributed by atoms with Crippen molar-refractivity contribution in [2.75, 3.05) is 13.2 Å². The number of hydrogen-bond acceptors (Lipinski definition) is 5. The molecule has 2 heterocycles. The fourth-order valence-corrected chi connectivity index (χ4v) is 3.66. The number of benzene rings is 2. The molecule has 0 amide bonds. The number of rotatable bonds is 3. The number of hydrogen-bond donors (Lipinski definition) is 1. The third-order valence-corrected chi connectivity index (χ3v) is 5.14. The average Bonchev–Trinajstić information content (AvgIpc) is 2.66. The van der Waals surface area contributed by atoms with Gasteiger partial charge in [0.05, 0.1) is 18.2 Å². The van der Waals surface area contributed by atoms with E-state index in [4.69, 9.17) is 9.47 Å². The van der Waals surface area contributed by atoms with Crippen LogP contribution in [0.25, 0.3) is 10.9 Å². The normalized spacial score (nSPS) is 15.4. The van der Waals surface area contributed by atoms with Gasteiger partial charge in [-0.05, 0) is 36.8 Å². The molecule has 2 aromatic carbocycles. The fourth-order valence-electron chi connectivity index (χ4n) is 3.39. The smallest absolute Gasteiger partial charge is 0.347 e. The SMILES string of the molecule is CCOC(=O)c1c(O)c2cccc3c2n(c1=O)C(c1ccc(Br)cc1)CO3. The number of aromatic nitrogens is 1. The number of nitrogens with zero attached hydrogens (tertiary/aromatic N) is 1. The highest BCUT2D eigenvalue weighted by molar-refractivity contribution is 9.10. The van der Waals surface area contributed by atoms with E-state index in [1.807, 2.05) is 24.3 Å². The largest absolute Gasteiger partial charge is 0.506 e. The highest BCUT2D eigenvalue weighted by Crippen LogP contribution is 2.38. The average molecular weight is 430 g/mol. The summed E-state index contributed by atoms with van der Waals surface area (Å²) >= 11 is 3.40. The second-order valence-corrected chi connectivity index (χ2v) is 7.07. The molecule has 6 nitrogen and oxygen atoms in total. The van der Waals surface area contributed by atoms with Crippen molar-refractivity contribution in [3.63, 3.8) is 0 Å². The van der Waals surface area contributed by atoms with Gasteiger partial charge in [0.25, 0.3) is 5.56 Å². The standard InChI is InChI=1S/C20H16BrNO5/c1-2-26-20(25)16-18(23)13-4-3-5-15-17(13)22(19(16)24)14(10-27-15)11-6-8-12(21)9-7-11/h3-9,14,23H,2,10H2,1H3. The minimum atomic E-state index is -0.836. The molecule has 0 spiro atoms. The van der Waals surface area contributed by atoms with Gasteiger partial charge < -0.3 is 14.6 Å². The van der Waals surface area contributed by atoms with Crippen LogP contribution in [0.4, 0.5) is 0 Å². The van der Waals surface area contributed by atoms with Gasteiger partial charge in [0.15, 0.2) is 5.56 Å². The molecular weight excluding hydrogens is 414 g/mol. The van der Waals surface area contributed by atoms with Gasteiger partial charge in [-0.2, -0.15) is 0 Å². The maximum atomic E-state index is 13.2. The lowest BCUT2D eigenvalue weighted by Crippen LogP contribution is -2.36. The fraction of sp³-hybridized carbons (Fsp3) is 0.200. The second kappa shape index (κ2) is 6.74. The zero-order valence-electron chi connectivity index (χ0n) is 14.4. The Morgan fingerprint density at radius 1 is 1.30 bits per heavy atom. The molecule has 7 heteroatoms. The number of aromatic hydroxyl groups is 1. The van der Waals surface area contributed by atoms with E-state index in [9.17, 15) is 14.7 Å². The van der Waals surface area contributed by atoms with Crippen LogP contribution in [0.15, 0.2) is 51.7 Å². The Kier molecular flexibility index (Phi) is 4.39. The third kappa shape index (κ3) is 2.78. The van der Waals surface area contributed by atoms with Gasteiger partial charge in [-0.15, -0.1) is 0 Å². The summed E-state index contributed by atoms with van der Waals surface area (Å²) in [6.07, 6.45) is 0. The topological polar surface area (TPSA) is 77.8 Å². The van der Waals surface area contributed by atoms with Gasteiger partial charge in [-0.3, -0.25) is 9.36 Å². The molecule has 0 saturated heterocycles. The first-order valence-corrected chi connectivity index (χ1v) is 9.27. The highest BCUT2D eigenvalue weighted by Gasteiger charge is 2.31. The van der Waals surface area contributed by atoms with Crippen LogP contribution in [0.5, 0.6) is 11.5 Å². The van der Waals surface area contributed by atoms with Gasteiger partial charge >= 0.3 is 5.97 Å². The van der Waals surface area contributed by atoms with Gasteiger partial charge in [0.2, 0.25) is 0 Å². The van der Waals surface area contributed by atoms with E-state index < -0.39 is 17.6 Å². The summed E-state index contributed by atoms with van der Waals surface area (Å²) in [5, 5.41) is 11.0. The zero-order chi connectivity index (χ0) is 19.1. The Labute approximate surface area is 163 Å². The summed E-state index contributed by atoms with van der Waals surface area (Å²) < 4.78 is 13.3. The van der Waals surface area contributed by atoms with Crippen LogP contribution in [-0.2, 0) is 4.74 Å². The monoisotopic (exact) mass is 429 g/mol. The first-order chi connectivity index (χ1) is 13.0. The molecule has 1 N–H and O–H groups in total. The van der Waals surface area contributed by atoms with Crippen LogP contribution in [0.3, 0.4) is 0 Å². The molecular formula is C20H16BrNO5. The Balaban J connectivity index is 2.05. The molecule has 1 aromatic heterocycles. The lowest BCUT2D eigenvalue weighted by molar-refractivity contribution is 0.0520. The molecule has 1 aliphatic rings. The summed E-state index contributed by atoms with van der Waals surface area (Å²) in [6, 6.07) is 12.2. The molecule has 0 saturated carbocycles. The van der Waals surface area contributed by atoms with Crippen LogP contribution in [0.1, 0.15) is 28.9 Å². The van der Waals surface area contributed by atoms with Crippen molar-refractivity contribution in [2.24, 2.45) is 0 Å². The molecule has 0 aliphatic carbocycles. The number of carbonyl (C=O) groups excluding carboxylic acids is 1. The van der Waals surface area contributed by atoms with E-state index in [1.165, 1.54) is 4.57 Å². The summed E-state index contributed by atoms with van der Waals surface area (Å²) in [7, 11) is 0.